The Bertz CT molecular complexity index is 1480. The number of pyridine rings is 1. The molecular weight excluding hydrogens is 474 g/mol. The molecule has 36 heavy (non-hydrogen) atoms. The number of anilines is 1. The van der Waals surface area contributed by atoms with E-state index < -0.39 is 15.9 Å². The highest BCUT2D eigenvalue weighted by Crippen LogP contribution is 2.28. The first-order valence-corrected chi connectivity index (χ1v) is 13.6. The van der Waals surface area contributed by atoms with Crippen molar-refractivity contribution in [2.75, 3.05) is 12.0 Å². The van der Waals surface area contributed by atoms with E-state index in [-0.39, 0.29) is 10.8 Å². The van der Waals surface area contributed by atoms with E-state index in [2.05, 4.69) is 10.3 Å². The number of rotatable bonds is 9. The van der Waals surface area contributed by atoms with Gasteiger partial charge in [-0.15, -0.1) is 0 Å². The lowest BCUT2D eigenvalue weighted by Gasteiger charge is -2.19. The predicted octanol–water partition coefficient (Wildman–Crippen LogP) is 4.75. The van der Waals surface area contributed by atoms with E-state index in [1.54, 1.807) is 30.5 Å². The first kappa shape index (κ1) is 25.2. The van der Waals surface area contributed by atoms with Crippen LogP contribution in [-0.4, -0.2) is 31.7 Å². The molecule has 0 saturated carbocycles. The number of carbonyl (C=O) groups is 1. The van der Waals surface area contributed by atoms with Gasteiger partial charge in [-0.05, 0) is 47.2 Å². The van der Waals surface area contributed by atoms with Gasteiger partial charge < -0.3 is 15.8 Å². The van der Waals surface area contributed by atoms with E-state index >= 15 is 0 Å². The molecule has 0 aliphatic heterocycles. The Balaban J connectivity index is 1.44. The van der Waals surface area contributed by atoms with E-state index in [1.165, 1.54) is 6.26 Å². The first-order valence-electron chi connectivity index (χ1n) is 11.7. The van der Waals surface area contributed by atoms with Crippen molar-refractivity contribution >= 4 is 32.3 Å². The number of nitrogens with one attached hydrogen (secondary N) is 1. The number of ether oxygens (including phenoxy) is 1. The molecule has 8 heteroatoms. The van der Waals surface area contributed by atoms with Crippen molar-refractivity contribution in [2.24, 2.45) is 0 Å². The summed E-state index contributed by atoms with van der Waals surface area (Å²) < 4.78 is 30.3. The molecule has 1 heterocycles. The van der Waals surface area contributed by atoms with Crippen molar-refractivity contribution in [2.45, 2.75) is 37.3 Å². The van der Waals surface area contributed by atoms with Crippen LogP contribution >= 0.6 is 0 Å². The smallest absolute Gasteiger partial charge is 0.261 e. The van der Waals surface area contributed by atoms with Crippen molar-refractivity contribution in [3.8, 4) is 16.9 Å². The summed E-state index contributed by atoms with van der Waals surface area (Å²) in [5.74, 6) is 0.768. The highest BCUT2D eigenvalue weighted by Gasteiger charge is 2.20. The third-order valence-electron chi connectivity index (χ3n) is 5.91. The average Bonchev–Trinajstić information content (AvgIpc) is 2.87. The highest BCUT2D eigenvalue weighted by atomic mass is 32.2. The summed E-state index contributed by atoms with van der Waals surface area (Å²) in [6.07, 6.45) is 3.56. The first-order chi connectivity index (χ1) is 17.3. The summed E-state index contributed by atoms with van der Waals surface area (Å²) >= 11 is 0. The summed E-state index contributed by atoms with van der Waals surface area (Å²) in [5.41, 5.74) is 8.33. The van der Waals surface area contributed by atoms with Crippen molar-refractivity contribution in [1.29, 1.82) is 0 Å². The number of aromatic nitrogens is 1. The van der Waals surface area contributed by atoms with Gasteiger partial charge in [-0.2, -0.15) is 0 Å². The lowest BCUT2D eigenvalue weighted by Crippen LogP contribution is -2.38. The zero-order valence-corrected chi connectivity index (χ0v) is 21.1. The molecule has 0 saturated heterocycles. The number of hydrogen-bond donors (Lipinski definition) is 2. The van der Waals surface area contributed by atoms with Crippen LogP contribution in [0.2, 0.25) is 0 Å². The van der Waals surface area contributed by atoms with E-state index in [0.717, 1.165) is 28.3 Å². The molecule has 1 unspecified atom stereocenters. The molecule has 0 aliphatic carbocycles. The second-order valence-electron chi connectivity index (χ2n) is 8.66. The number of fused-ring (bicyclic) bond motifs is 1. The topological polar surface area (TPSA) is 111 Å². The number of amides is 1. The average molecular weight is 504 g/mol. The van der Waals surface area contributed by atoms with Gasteiger partial charge in [-0.25, -0.2) is 13.4 Å². The SMILES string of the molecule is CCCC(Oc1ccc2ccnc(N)c2c1)C(=O)NCc1ccc(-c2ccccc2S(C)(=O)=O)cc1. The van der Waals surface area contributed by atoms with Crippen LogP contribution in [0.5, 0.6) is 5.75 Å². The maximum atomic E-state index is 12.9. The number of nitrogens with zero attached hydrogens (tertiary/aromatic N) is 1. The summed E-state index contributed by atoms with van der Waals surface area (Å²) in [5, 5.41) is 4.68. The van der Waals surface area contributed by atoms with Gasteiger partial charge in [-0.3, -0.25) is 4.79 Å². The van der Waals surface area contributed by atoms with Gasteiger partial charge in [0.2, 0.25) is 0 Å². The van der Waals surface area contributed by atoms with Gasteiger partial charge in [0.05, 0.1) is 4.90 Å². The monoisotopic (exact) mass is 503 g/mol. The molecule has 0 spiro atoms. The zero-order chi connectivity index (χ0) is 25.7. The Hall–Kier alpha value is -3.91. The lowest BCUT2D eigenvalue weighted by molar-refractivity contribution is -0.128. The fraction of sp³-hybridized carbons (Fsp3) is 0.214. The fourth-order valence-electron chi connectivity index (χ4n) is 4.05. The van der Waals surface area contributed by atoms with Crippen LogP contribution < -0.4 is 15.8 Å². The quantitative estimate of drug-likeness (QED) is 0.341. The zero-order valence-electron chi connectivity index (χ0n) is 20.3. The Morgan fingerprint density at radius 2 is 1.81 bits per heavy atom. The number of sulfone groups is 1. The van der Waals surface area contributed by atoms with Gasteiger partial charge in [0.25, 0.3) is 5.91 Å². The van der Waals surface area contributed by atoms with E-state index in [0.29, 0.717) is 30.1 Å². The Morgan fingerprint density at radius 1 is 1.06 bits per heavy atom. The van der Waals surface area contributed by atoms with Crippen LogP contribution in [0.1, 0.15) is 25.3 Å². The molecule has 0 aliphatic rings. The minimum absolute atomic E-state index is 0.206. The minimum Gasteiger partial charge on any atom is -0.481 e. The van der Waals surface area contributed by atoms with Crippen molar-refractivity contribution in [3.05, 3.63) is 84.6 Å². The molecule has 4 aromatic rings. The lowest BCUT2D eigenvalue weighted by atomic mass is 10.0. The molecule has 1 aromatic heterocycles. The molecule has 0 radical (unpaired) electrons. The second kappa shape index (κ2) is 10.8. The standard InChI is InChI=1S/C28H29N3O4S/c1-3-6-25(35-22-14-13-21-15-16-30-27(29)24(21)17-22)28(32)31-18-19-9-11-20(12-10-19)23-7-4-5-8-26(23)36(2,33)34/h4-5,7-17,25H,3,6,18H2,1-2H3,(H2,29,30)(H,31,32). The number of carbonyl (C=O) groups excluding carboxylic acids is 1. The Labute approximate surface area is 211 Å². The highest BCUT2D eigenvalue weighted by molar-refractivity contribution is 7.90. The normalized spacial score (nSPS) is 12.3. The molecule has 3 aromatic carbocycles. The van der Waals surface area contributed by atoms with Crippen molar-refractivity contribution < 1.29 is 17.9 Å². The van der Waals surface area contributed by atoms with Crippen LogP contribution in [0.25, 0.3) is 21.9 Å². The molecule has 0 fully saturated rings. The van der Waals surface area contributed by atoms with Crippen LogP contribution in [-0.2, 0) is 21.2 Å². The van der Waals surface area contributed by atoms with E-state index in [1.807, 2.05) is 55.5 Å². The van der Waals surface area contributed by atoms with Gasteiger partial charge >= 0.3 is 0 Å². The molecular formula is C28H29N3O4S. The summed E-state index contributed by atoms with van der Waals surface area (Å²) in [4.78, 5) is 17.4. The predicted molar refractivity (Wildman–Crippen MR) is 142 cm³/mol. The summed E-state index contributed by atoms with van der Waals surface area (Å²) in [6, 6.07) is 21.8. The Kier molecular flexibility index (Phi) is 7.55. The fourth-order valence-corrected chi connectivity index (χ4v) is 4.96. The number of hydrogen-bond acceptors (Lipinski definition) is 6. The van der Waals surface area contributed by atoms with Crippen LogP contribution in [0.3, 0.4) is 0 Å². The van der Waals surface area contributed by atoms with Crippen LogP contribution in [0, 0.1) is 0 Å². The number of benzene rings is 3. The van der Waals surface area contributed by atoms with E-state index in [4.69, 9.17) is 10.5 Å². The molecule has 0 bridgehead atoms. The van der Waals surface area contributed by atoms with Crippen molar-refractivity contribution in [1.82, 2.24) is 10.3 Å². The number of nitrogens with two attached hydrogens (primary N) is 1. The van der Waals surface area contributed by atoms with Crippen molar-refractivity contribution in [3.63, 3.8) is 0 Å². The third kappa shape index (κ3) is 5.83. The van der Waals surface area contributed by atoms with Gasteiger partial charge in [0.1, 0.15) is 11.6 Å². The summed E-state index contributed by atoms with van der Waals surface area (Å²) in [7, 11) is -3.35. The summed E-state index contributed by atoms with van der Waals surface area (Å²) in [6.45, 7) is 2.32. The molecule has 1 atom stereocenters. The molecule has 1 amide bonds. The maximum Gasteiger partial charge on any atom is 0.261 e. The van der Waals surface area contributed by atoms with Gasteiger partial charge in [0, 0.05) is 29.9 Å². The maximum absolute atomic E-state index is 12.9. The van der Waals surface area contributed by atoms with Crippen LogP contribution in [0.4, 0.5) is 5.82 Å². The number of nitrogen functional groups attached to an aromatic ring is 1. The van der Waals surface area contributed by atoms with Gasteiger partial charge in [-0.1, -0.05) is 61.9 Å². The molecule has 186 valence electrons. The van der Waals surface area contributed by atoms with Crippen LogP contribution in [0.15, 0.2) is 83.9 Å². The minimum atomic E-state index is -3.35. The van der Waals surface area contributed by atoms with Gasteiger partial charge in [0.15, 0.2) is 15.9 Å². The molecule has 3 N–H and O–H groups in total. The largest absolute Gasteiger partial charge is 0.481 e. The third-order valence-corrected chi connectivity index (χ3v) is 7.06. The second-order valence-corrected chi connectivity index (χ2v) is 10.6. The van der Waals surface area contributed by atoms with E-state index in [9.17, 15) is 13.2 Å². The molecule has 7 nitrogen and oxygen atoms in total. The molecule has 4 rings (SSSR count). The Morgan fingerprint density at radius 3 is 2.53 bits per heavy atom.